The van der Waals surface area contributed by atoms with E-state index in [4.69, 9.17) is 14.4 Å². The van der Waals surface area contributed by atoms with Gasteiger partial charge in [-0.1, -0.05) is 12.2 Å². The Morgan fingerprint density at radius 1 is 1.20 bits per heavy atom. The Bertz CT molecular complexity index is 476. The van der Waals surface area contributed by atoms with E-state index >= 15 is 0 Å². The van der Waals surface area contributed by atoms with Gasteiger partial charge < -0.3 is 14.7 Å². The highest BCUT2D eigenvalue weighted by Gasteiger charge is 2.39. The number of allylic oxidation sites excluding steroid dienone is 2. The maximum absolute atomic E-state index is 11.8. The van der Waals surface area contributed by atoms with Crippen molar-refractivity contribution in [3.05, 3.63) is 12.2 Å². The van der Waals surface area contributed by atoms with Gasteiger partial charge in [0.1, 0.15) is 0 Å². The lowest BCUT2D eigenvalue weighted by Crippen LogP contribution is -2.43. The molecule has 0 radical (unpaired) electrons. The quantitative estimate of drug-likeness (QED) is 0.536. The molecule has 2 rings (SSSR count). The van der Waals surface area contributed by atoms with Gasteiger partial charge in [0.15, 0.2) is 5.90 Å². The predicted octanol–water partition coefficient (Wildman–Crippen LogP) is 2.06. The minimum absolute atomic E-state index is 0.0646. The van der Waals surface area contributed by atoms with E-state index in [9.17, 15) is 14.0 Å². The third kappa shape index (κ3) is 4.78. The third-order valence-corrected chi connectivity index (χ3v) is 7.18. The summed E-state index contributed by atoms with van der Waals surface area (Å²) in [7, 11) is -8.88. The molecule has 3 N–H and O–H groups in total. The molecule has 1 aliphatic heterocycles. The fourth-order valence-electron chi connectivity index (χ4n) is 2.98. The van der Waals surface area contributed by atoms with E-state index in [1.165, 1.54) is 5.06 Å². The van der Waals surface area contributed by atoms with Gasteiger partial charge in [-0.2, -0.15) is 5.06 Å². The average molecular weight is 325 g/mol. The van der Waals surface area contributed by atoms with Crippen molar-refractivity contribution in [2.24, 2.45) is 5.41 Å². The summed E-state index contributed by atoms with van der Waals surface area (Å²) < 4.78 is 27.6. The van der Waals surface area contributed by atoms with Crippen LogP contribution in [-0.2, 0) is 13.8 Å². The van der Waals surface area contributed by atoms with Crippen LogP contribution in [0.2, 0.25) is 0 Å². The molecule has 1 spiro atoms. The van der Waals surface area contributed by atoms with Gasteiger partial charge in [-0.05, 0) is 37.5 Å². The number of hydroxylamine groups is 2. The van der Waals surface area contributed by atoms with Crippen LogP contribution in [0.4, 0.5) is 0 Å². The van der Waals surface area contributed by atoms with Gasteiger partial charge in [0, 0.05) is 13.1 Å². The molecule has 1 heterocycles. The van der Waals surface area contributed by atoms with Crippen molar-refractivity contribution in [1.29, 1.82) is 0 Å². The fourth-order valence-corrected chi connectivity index (χ4v) is 5.55. The van der Waals surface area contributed by atoms with Crippen LogP contribution in [0.5, 0.6) is 0 Å². The first-order valence-corrected chi connectivity index (χ1v) is 10.2. The zero-order valence-corrected chi connectivity index (χ0v) is 13.0. The zero-order valence-electron chi connectivity index (χ0n) is 11.2. The van der Waals surface area contributed by atoms with E-state index in [1.807, 2.05) is 0 Å². The standard InChI is InChI=1S/C11H21NO6P2/c13-19(14,15)10-20(16,17)18-12-8-4-7-11(9-12)5-2-1-3-6-11/h1-2H,3-10H2,(H,16,17)(H2,13,14,15). The first kappa shape index (κ1) is 16.4. The van der Waals surface area contributed by atoms with Crippen LogP contribution in [0.1, 0.15) is 32.1 Å². The lowest BCUT2D eigenvalue weighted by Gasteiger charge is -2.43. The van der Waals surface area contributed by atoms with Crippen LogP contribution in [0.15, 0.2) is 12.2 Å². The van der Waals surface area contributed by atoms with E-state index in [0.717, 1.165) is 32.1 Å². The minimum atomic E-state index is -4.57. The van der Waals surface area contributed by atoms with E-state index in [-0.39, 0.29) is 5.41 Å². The largest absolute Gasteiger partial charge is 0.356 e. The van der Waals surface area contributed by atoms with Gasteiger partial charge >= 0.3 is 15.2 Å². The molecule has 20 heavy (non-hydrogen) atoms. The van der Waals surface area contributed by atoms with E-state index in [1.54, 1.807) is 0 Å². The molecule has 2 atom stereocenters. The summed E-state index contributed by atoms with van der Waals surface area (Å²) in [5.74, 6) is -1.14. The van der Waals surface area contributed by atoms with Crippen LogP contribution in [-0.4, -0.2) is 38.7 Å². The summed E-state index contributed by atoms with van der Waals surface area (Å²) in [6.07, 6.45) is 9.08. The molecule has 1 saturated heterocycles. The molecule has 7 nitrogen and oxygen atoms in total. The summed E-state index contributed by atoms with van der Waals surface area (Å²) in [5, 5.41) is 1.42. The van der Waals surface area contributed by atoms with Crippen molar-refractivity contribution in [2.75, 3.05) is 19.0 Å². The van der Waals surface area contributed by atoms with Crippen molar-refractivity contribution in [3.63, 3.8) is 0 Å². The molecule has 2 aliphatic rings. The maximum atomic E-state index is 11.8. The Labute approximate surface area is 118 Å². The Morgan fingerprint density at radius 2 is 1.95 bits per heavy atom. The van der Waals surface area contributed by atoms with Crippen LogP contribution in [0.25, 0.3) is 0 Å². The SMILES string of the molecule is O=P(O)(O)CP(=O)(O)ON1CCCC2(CC=CCC2)C1. The highest BCUT2D eigenvalue weighted by atomic mass is 31.2. The third-order valence-electron chi connectivity index (χ3n) is 3.79. The lowest BCUT2D eigenvalue weighted by molar-refractivity contribution is -0.119. The molecule has 0 saturated carbocycles. The molecule has 0 aromatic rings. The monoisotopic (exact) mass is 325 g/mol. The van der Waals surface area contributed by atoms with E-state index in [0.29, 0.717) is 13.1 Å². The molecule has 9 heteroatoms. The Balaban J connectivity index is 1.97. The zero-order chi connectivity index (χ0) is 14.9. The van der Waals surface area contributed by atoms with Crippen molar-refractivity contribution in [2.45, 2.75) is 32.1 Å². The number of rotatable bonds is 4. The van der Waals surface area contributed by atoms with E-state index < -0.39 is 21.1 Å². The van der Waals surface area contributed by atoms with Crippen LogP contribution >= 0.6 is 15.2 Å². The number of piperidine rings is 1. The summed E-state index contributed by atoms with van der Waals surface area (Å²) in [6, 6.07) is 0. The molecule has 0 aromatic carbocycles. The van der Waals surface area contributed by atoms with Gasteiger partial charge in [-0.25, -0.2) is 4.62 Å². The molecule has 116 valence electrons. The maximum Gasteiger partial charge on any atom is 0.356 e. The van der Waals surface area contributed by atoms with Crippen LogP contribution < -0.4 is 0 Å². The van der Waals surface area contributed by atoms with Gasteiger partial charge in [0.05, 0.1) is 0 Å². The Morgan fingerprint density at radius 3 is 2.55 bits per heavy atom. The van der Waals surface area contributed by atoms with Gasteiger partial charge in [0.2, 0.25) is 0 Å². The van der Waals surface area contributed by atoms with Crippen LogP contribution in [0, 0.1) is 5.41 Å². The lowest BCUT2D eigenvalue weighted by atomic mass is 9.72. The van der Waals surface area contributed by atoms with Gasteiger partial charge in [-0.3, -0.25) is 9.13 Å². The fraction of sp³-hybridized carbons (Fsp3) is 0.818. The second-order valence-electron chi connectivity index (χ2n) is 5.71. The normalized spacial score (nSPS) is 31.4. The summed E-state index contributed by atoms with van der Waals surface area (Å²) >= 11 is 0. The Kier molecular flexibility index (Phi) is 4.92. The first-order chi connectivity index (χ1) is 9.20. The highest BCUT2D eigenvalue weighted by Crippen LogP contribution is 2.56. The van der Waals surface area contributed by atoms with Crippen molar-refractivity contribution in [3.8, 4) is 0 Å². The van der Waals surface area contributed by atoms with Crippen molar-refractivity contribution in [1.82, 2.24) is 5.06 Å². The summed E-state index contributed by atoms with van der Waals surface area (Å²) in [4.78, 5) is 27.2. The topological polar surface area (TPSA) is 107 Å². The minimum Gasteiger partial charge on any atom is -0.324 e. The van der Waals surface area contributed by atoms with Crippen LogP contribution in [0.3, 0.4) is 0 Å². The highest BCUT2D eigenvalue weighted by molar-refractivity contribution is 7.69. The smallest absolute Gasteiger partial charge is 0.324 e. The van der Waals surface area contributed by atoms with Gasteiger partial charge in [-0.15, -0.1) is 0 Å². The van der Waals surface area contributed by atoms with Crippen molar-refractivity contribution >= 4 is 15.2 Å². The molecule has 1 aliphatic carbocycles. The van der Waals surface area contributed by atoms with E-state index in [2.05, 4.69) is 12.2 Å². The molecule has 0 aromatic heterocycles. The molecular formula is C11H21NO6P2. The number of hydrogen-bond acceptors (Lipinski definition) is 4. The first-order valence-electron chi connectivity index (χ1n) is 6.66. The molecule has 0 amide bonds. The number of nitrogens with zero attached hydrogens (tertiary/aromatic N) is 1. The summed E-state index contributed by atoms with van der Waals surface area (Å²) in [6.45, 7) is 1.04. The second kappa shape index (κ2) is 6.01. The molecule has 1 fully saturated rings. The predicted molar refractivity (Wildman–Crippen MR) is 74.1 cm³/mol. The summed E-state index contributed by atoms with van der Waals surface area (Å²) in [5.41, 5.74) is 0.0646. The average Bonchev–Trinajstić information content (AvgIpc) is 2.25. The second-order valence-corrected chi connectivity index (χ2v) is 9.61. The molecule has 0 bridgehead atoms. The van der Waals surface area contributed by atoms with Gasteiger partial charge in [0.25, 0.3) is 0 Å². The number of hydrogen-bond donors (Lipinski definition) is 3. The Hall–Kier alpha value is 0. The molecule has 2 unspecified atom stereocenters. The molecular weight excluding hydrogens is 304 g/mol. The van der Waals surface area contributed by atoms with Crippen molar-refractivity contribution < 1.29 is 28.4 Å².